The van der Waals surface area contributed by atoms with Gasteiger partial charge < -0.3 is 20.0 Å². The van der Waals surface area contributed by atoms with Crippen molar-refractivity contribution in [3.05, 3.63) is 113 Å². The van der Waals surface area contributed by atoms with Gasteiger partial charge in [-0.3, -0.25) is 4.79 Å². The van der Waals surface area contributed by atoms with Crippen molar-refractivity contribution in [3.63, 3.8) is 0 Å². The molecule has 47 heavy (non-hydrogen) atoms. The SMILES string of the molecule is CC(C)(CCCNc1ncc(C(=O)Nc2c[nH]c3cc(F)c(F)cc23)cc1Cl)CO[Si](c1ccccc1)(c1ccccc1)C(C)(C)C. The second-order valence-corrected chi connectivity index (χ2v) is 18.4. The molecule has 0 unspecified atom stereocenters. The number of benzene rings is 3. The number of nitrogens with zero attached hydrogens (tertiary/aromatic N) is 1. The normalized spacial score (nSPS) is 12.3. The minimum absolute atomic E-state index is 0.0917. The number of rotatable bonds is 12. The molecular formula is C37H41ClF2N4O2Si. The van der Waals surface area contributed by atoms with Gasteiger partial charge in [-0.2, -0.15) is 0 Å². The van der Waals surface area contributed by atoms with Gasteiger partial charge in [-0.25, -0.2) is 13.8 Å². The smallest absolute Gasteiger partial charge is 0.261 e. The van der Waals surface area contributed by atoms with Crippen LogP contribution in [0.2, 0.25) is 10.1 Å². The summed E-state index contributed by atoms with van der Waals surface area (Å²) in [6.45, 7) is 12.6. The van der Waals surface area contributed by atoms with Gasteiger partial charge in [-0.15, -0.1) is 0 Å². The molecule has 2 aromatic heterocycles. The fourth-order valence-corrected chi connectivity index (χ4v) is 11.0. The number of hydrogen-bond donors (Lipinski definition) is 3. The highest BCUT2D eigenvalue weighted by Crippen LogP contribution is 2.38. The number of aromatic nitrogens is 2. The van der Waals surface area contributed by atoms with Crippen LogP contribution in [0, 0.1) is 17.0 Å². The van der Waals surface area contributed by atoms with E-state index in [2.05, 4.69) is 116 Å². The lowest BCUT2D eigenvalue weighted by molar-refractivity contribution is 0.102. The van der Waals surface area contributed by atoms with Crippen LogP contribution in [0.15, 0.2) is 91.3 Å². The van der Waals surface area contributed by atoms with Crippen LogP contribution in [0.25, 0.3) is 10.9 Å². The highest BCUT2D eigenvalue weighted by Gasteiger charge is 2.50. The van der Waals surface area contributed by atoms with E-state index in [4.69, 9.17) is 16.0 Å². The lowest BCUT2D eigenvalue weighted by atomic mass is 9.89. The van der Waals surface area contributed by atoms with Crippen LogP contribution in [0.4, 0.5) is 20.3 Å². The lowest BCUT2D eigenvalue weighted by Crippen LogP contribution is -2.67. The van der Waals surface area contributed by atoms with Crippen LogP contribution in [0.1, 0.15) is 57.8 Å². The number of carbonyl (C=O) groups is 1. The molecule has 0 fully saturated rings. The monoisotopic (exact) mass is 674 g/mol. The van der Waals surface area contributed by atoms with Crippen LogP contribution in [0.3, 0.4) is 0 Å². The van der Waals surface area contributed by atoms with Crippen molar-refractivity contribution in [1.82, 2.24) is 9.97 Å². The Hall–Kier alpha value is -4.05. The molecule has 0 bridgehead atoms. The van der Waals surface area contributed by atoms with Crippen LogP contribution >= 0.6 is 11.6 Å². The van der Waals surface area contributed by atoms with Gasteiger partial charge in [0.1, 0.15) is 5.82 Å². The predicted molar refractivity (Wildman–Crippen MR) is 190 cm³/mol. The van der Waals surface area contributed by atoms with Crippen molar-refractivity contribution in [2.24, 2.45) is 5.41 Å². The van der Waals surface area contributed by atoms with Crippen molar-refractivity contribution in [2.75, 3.05) is 23.8 Å². The summed E-state index contributed by atoms with van der Waals surface area (Å²) in [5, 5.41) is 9.10. The van der Waals surface area contributed by atoms with Gasteiger partial charge in [-0.05, 0) is 45.8 Å². The standard InChI is InChI=1S/C37H41ClF2N4O2Si/c1-36(2,3)47(26-13-8-6-9-14-26,27-15-10-7-11-16-27)46-24-37(4,5)17-12-18-41-34-29(38)19-25(22-43-34)35(45)44-33-23-42-32-21-31(40)30(39)20-28(32)33/h6-11,13-16,19-23,42H,12,17-18,24H2,1-5H3,(H,41,43)(H,44,45). The van der Waals surface area contributed by atoms with E-state index in [1.54, 1.807) is 0 Å². The maximum atomic E-state index is 13.8. The van der Waals surface area contributed by atoms with E-state index < -0.39 is 25.9 Å². The van der Waals surface area contributed by atoms with E-state index in [0.29, 0.717) is 40.6 Å². The third kappa shape index (κ3) is 7.58. The van der Waals surface area contributed by atoms with Gasteiger partial charge in [0, 0.05) is 37.0 Å². The molecule has 6 nitrogen and oxygen atoms in total. The first-order valence-corrected chi connectivity index (χ1v) is 18.0. The molecule has 246 valence electrons. The number of hydrogen-bond acceptors (Lipinski definition) is 4. The molecule has 0 spiro atoms. The fourth-order valence-electron chi connectivity index (χ4n) is 6.02. The Morgan fingerprint density at radius 3 is 2.15 bits per heavy atom. The highest BCUT2D eigenvalue weighted by molar-refractivity contribution is 6.99. The van der Waals surface area contributed by atoms with Gasteiger partial charge in [0.25, 0.3) is 14.2 Å². The zero-order valence-electron chi connectivity index (χ0n) is 27.4. The number of fused-ring (bicyclic) bond motifs is 1. The third-order valence-corrected chi connectivity index (χ3v) is 13.8. The van der Waals surface area contributed by atoms with Gasteiger partial charge in [-0.1, -0.05) is 107 Å². The molecule has 0 aliphatic heterocycles. The summed E-state index contributed by atoms with van der Waals surface area (Å²) in [5.74, 6) is -1.96. The molecule has 2 heterocycles. The minimum atomic E-state index is -2.63. The highest BCUT2D eigenvalue weighted by atomic mass is 35.5. The van der Waals surface area contributed by atoms with Gasteiger partial charge in [0.15, 0.2) is 11.6 Å². The quantitative estimate of drug-likeness (QED) is 0.0916. The molecule has 1 amide bonds. The summed E-state index contributed by atoms with van der Waals surface area (Å²) in [6, 6.07) is 24.9. The summed E-state index contributed by atoms with van der Waals surface area (Å²) in [4.78, 5) is 20.1. The van der Waals surface area contributed by atoms with E-state index in [0.717, 1.165) is 25.0 Å². The summed E-state index contributed by atoms with van der Waals surface area (Å²) < 4.78 is 34.5. The largest absolute Gasteiger partial charge is 0.407 e. The van der Waals surface area contributed by atoms with E-state index >= 15 is 0 Å². The van der Waals surface area contributed by atoms with Gasteiger partial charge in [0.2, 0.25) is 0 Å². The molecule has 0 aliphatic carbocycles. The molecule has 0 radical (unpaired) electrons. The molecule has 0 saturated carbocycles. The Balaban J connectivity index is 1.19. The average Bonchev–Trinajstić information content (AvgIpc) is 3.41. The van der Waals surface area contributed by atoms with Gasteiger partial charge in [0.05, 0.1) is 21.8 Å². The second kappa shape index (κ2) is 14.0. The Morgan fingerprint density at radius 2 is 1.55 bits per heavy atom. The predicted octanol–water partition coefficient (Wildman–Crippen LogP) is 8.54. The molecule has 10 heteroatoms. The van der Waals surface area contributed by atoms with Crippen molar-refractivity contribution in [2.45, 2.75) is 52.5 Å². The Kier molecular flexibility index (Phi) is 10.2. The number of anilines is 2. The van der Waals surface area contributed by atoms with Crippen molar-refractivity contribution in [3.8, 4) is 0 Å². The average molecular weight is 675 g/mol. The number of H-pyrrole nitrogens is 1. The van der Waals surface area contributed by atoms with Crippen LogP contribution in [-0.4, -0.2) is 37.3 Å². The minimum Gasteiger partial charge on any atom is -0.407 e. The molecule has 3 N–H and O–H groups in total. The van der Waals surface area contributed by atoms with Crippen molar-refractivity contribution < 1.29 is 18.0 Å². The second-order valence-electron chi connectivity index (χ2n) is 13.7. The zero-order valence-corrected chi connectivity index (χ0v) is 29.1. The summed E-state index contributed by atoms with van der Waals surface area (Å²) >= 11 is 6.50. The molecule has 0 atom stereocenters. The maximum absolute atomic E-state index is 13.8. The zero-order chi connectivity index (χ0) is 33.8. The fraction of sp³-hybridized carbons (Fsp3) is 0.297. The lowest BCUT2D eigenvalue weighted by Gasteiger charge is -2.44. The van der Waals surface area contributed by atoms with Crippen LogP contribution < -0.4 is 21.0 Å². The Morgan fingerprint density at radius 1 is 0.936 bits per heavy atom. The molecular weight excluding hydrogens is 634 g/mol. The number of carbonyl (C=O) groups excluding carboxylic acids is 1. The Bertz CT molecular complexity index is 1800. The number of nitrogens with one attached hydrogen (secondary N) is 3. The molecule has 5 rings (SSSR count). The molecule has 5 aromatic rings. The third-order valence-electron chi connectivity index (χ3n) is 8.49. The van der Waals surface area contributed by atoms with Crippen molar-refractivity contribution in [1.29, 1.82) is 0 Å². The number of halogens is 3. The van der Waals surface area contributed by atoms with E-state index in [1.807, 2.05) is 0 Å². The number of aromatic amines is 1. The topological polar surface area (TPSA) is 79.0 Å². The first-order valence-electron chi connectivity index (χ1n) is 15.7. The molecule has 3 aromatic carbocycles. The van der Waals surface area contributed by atoms with E-state index in [1.165, 1.54) is 28.8 Å². The molecule has 0 saturated heterocycles. The first kappa shape index (κ1) is 34.3. The summed E-state index contributed by atoms with van der Waals surface area (Å²) in [7, 11) is -2.63. The Labute approximate surface area is 281 Å². The van der Waals surface area contributed by atoms with E-state index in [9.17, 15) is 13.6 Å². The number of pyridine rings is 1. The van der Waals surface area contributed by atoms with Crippen molar-refractivity contribution >= 4 is 58.6 Å². The van der Waals surface area contributed by atoms with E-state index in [-0.39, 0.29) is 16.0 Å². The number of amides is 1. The van der Waals surface area contributed by atoms with Crippen LogP contribution in [-0.2, 0) is 4.43 Å². The summed E-state index contributed by atoms with van der Waals surface area (Å²) in [6.07, 6.45) is 4.67. The van der Waals surface area contributed by atoms with Crippen LogP contribution in [0.5, 0.6) is 0 Å². The van der Waals surface area contributed by atoms with Gasteiger partial charge >= 0.3 is 0 Å². The maximum Gasteiger partial charge on any atom is 0.261 e. The first-order chi connectivity index (χ1) is 22.3. The summed E-state index contributed by atoms with van der Waals surface area (Å²) in [5.41, 5.74) is 0.834. The molecule has 0 aliphatic rings.